The molecule has 2 aromatic carbocycles. The van der Waals surface area contributed by atoms with Crippen LogP contribution in [0.1, 0.15) is 24.0 Å². The first-order valence-electron chi connectivity index (χ1n) is 10.9. The average molecular weight is 514 g/mol. The van der Waals surface area contributed by atoms with Crippen LogP contribution in [0.25, 0.3) is 10.2 Å². The Balaban J connectivity index is 1.57. The number of anilines is 1. The highest BCUT2D eigenvalue weighted by molar-refractivity contribution is 7.91. The molecule has 4 rings (SSSR count). The molecule has 2 aromatic heterocycles. The number of benzene rings is 2. The summed E-state index contributed by atoms with van der Waals surface area (Å²) < 4.78 is 44.7. The van der Waals surface area contributed by atoms with Gasteiger partial charge in [-0.15, -0.1) is 0 Å². The van der Waals surface area contributed by atoms with Gasteiger partial charge in [0.05, 0.1) is 29.0 Å². The molecule has 0 aliphatic heterocycles. The number of nitrogens with zero attached hydrogens (tertiary/aromatic N) is 3. The summed E-state index contributed by atoms with van der Waals surface area (Å²) in [4.78, 5) is 23.7. The Morgan fingerprint density at radius 2 is 1.80 bits per heavy atom. The number of carbonyl (C=O) groups is 1. The van der Waals surface area contributed by atoms with Gasteiger partial charge in [-0.1, -0.05) is 17.4 Å². The number of thiazole rings is 1. The lowest BCUT2D eigenvalue weighted by atomic mass is 10.2. The van der Waals surface area contributed by atoms with Crippen molar-refractivity contribution in [2.75, 3.05) is 17.8 Å². The highest BCUT2D eigenvalue weighted by atomic mass is 32.2. The van der Waals surface area contributed by atoms with Crippen molar-refractivity contribution < 1.29 is 22.3 Å². The van der Waals surface area contributed by atoms with Crippen LogP contribution < -0.4 is 9.64 Å². The number of ether oxygens (including phenoxy) is 1. The van der Waals surface area contributed by atoms with Gasteiger partial charge in [0.2, 0.25) is 5.91 Å². The fourth-order valence-corrected chi connectivity index (χ4v) is 6.00. The third kappa shape index (κ3) is 5.66. The van der Waals surface area contributed by atoms with E-state index in [4.69, 9.17) is 9.72 Å². The lowest BCUT2D eigenvalue weighted by Crippen LogP contribution is -2.30. The Kier molecular flexibility index (Phi) is 7.42. The number of halogens is 1. The highest BCUT2D eigenvalue weighted by Crippen LogP contribution is 2.37. The topological polar surface area (TPSA) is 89.5 Å². The smallest absolute Gasteiger partial charge is 0.229 e. The Bertz CT molecular complexity index is 1440. The summed E-state index contributed by atoms with van der Waals surface area (Å²) in [6, 6.07) is 12.1. The fraction of sp³-hybridized carbons (Fsp3) is 0.240. The van der Waals surface area contributed by atoms with Crippen LogP contribution in [0.5, 0.6) is 5.75 Å². The quantitative estimate of drug-likeness (QED) is 0.295. The number of aromatic nitrogens is 2. The molecule has 0 saturated carbocycles. The van der Waals surface area contributed by atoms with Gasteiger partial charge in [0, 0.05) is 18.8 Å². The molecule has 4 aromatic rings. The Hall–Kier alpha value is -3.37. The van der Waals surface area contributed by atoms with E-state index in [1.165, 1.54) is 23.5 Å². The number of carbonyl (C=O) groups excluding carboxylic acids is 1. The molecule has 0 fully saturated rings. The summed E-state index contributed by atoms with van der Waals surface area (Å²) in [5, 5.41) is 0.510. The molecule has 7 nitrogen and oxygen atoms in total. The van der Waals surface area contributed by atoms with Gasteiger partial charge < -0.3 is 4.74 Å². The molecule has 182 valence electrons. The summed E-state index contributed by atoms with van der Waals surface area (Å²) in [7, 11) is -2.06. The molecule has 0 radical (unpaired) electrons. The number of pyridine rings is 1. The van der Waals surface area contributed by atoms with E-state index in [9.17, 15) is 17.6 Å². The number of fused-ring (bicyclic) bond motifs is 1. The molecular formula is C25H24FN3O4S2. The Morgan fingerprint density at radius 1 is 1.09 bits per heavy atom. The molecule has 2 heterocycles. The molecule has 0 spiro atoms. The predicted molar refractivity (Wildman–Crippen MR) is 134 cm³/mol. The third-order valence-electron chi connectivity index (χ3n) is 5.51. The van der Waals surface area contributed by atoms with E-state index in [1.54, 1.807) is 24.4 Å². The fourth-order valence-electron chi connectivity index (χ4n) is 3.62. The third-order valence-corrected chi connectivity index (χ3v) is 8.54. The van der Waals surface area contributed by atoms with E-state index in [2.05, 4.69) is 4.98 Å². The van der Waals surface area contributed by atoms with Crippen LogP contribution in [-0.2, 0) is 21.2 Å². The van der Waals surface area contributed by atoms with Crippen LogP contribution in [0.3, 0.4) is 0 Å². The van der Waals surface area contributed by atoms with Crippen LogP contribution in [0.15, 0.2) is 65.8 Å². The van der Waals surface area contributed by atoms with Crippen molar-refractivity contribution in [2.24, 2.45) is 0 Å². The Morgan fingerprint density at radius 3 is 2.49 bits per heavy atom. The number of amides is 1. The van der Waals surface area contributed by atoms with Crippen molar-refractivity contribution in [3.05, 3.63) is 77.9 Å². The number of hydrogen-bond donors (Lipinski definition) is 0. The van der Waals surface area contributed by atoms with Gasteiger partial charge in [0.25, 0.3) is 0 Å². The maximum absolute atomic E-state index is 13.3. The van der Waals surface area contributed by atoms with Gasteiger partial charge in [0.1, 0.15) is 17.1 Å². The molecule has 0 aliphatic carbocycles. The number of sulfone groups is 1. The van der Waals surface area contributed by atoms with Crippen LogP contribution >= 0.6 is 11.3 Å². The molecule has 35 heavy (non-hydrogen) atoms. The lowest BCUT2D eigenvalue weighted by molar-refractivity contribution is -0.118. The first kappa shape index (κ1) is 24.7. The summed E-state index contributed by atoms with van der Waals surface area (Å²) in [5.41, 5.74) is 2.57. The van der Waals surface area contributed by atoms with Crippen molar-refractivity contribution in [1.82, 2.24) is 9.97 Å². The molecule has 1 amide bonds. The second-order valence-electron chi connectivity index (χ2n) is 7.97. The van der Waals surface area contributed by atoms with E-state index in [0.29, 0.717) is 16.4 Å². The number of methoxy groups -OCH3 is 1. The van der Waals surface area contributed by atoms with Gasteiger partial charge in [-0.25, -0.2) is 17.8 Å². The lowest BCUT2D eigenvalue weighted by Gasteiger charge is -2.20. The molecule has 10 heteroatoms. The second-order valence-corrected chi connectivity index (χ2v) is 11.1. The highest BCUT2D eigenvalue weighted by Gasteiger charge is 2.23. The van der Waals surface area contributed by atoms with Gasteiger partial charge in [-0.3, -0.25) is 14.7 Å². The standard InChI is InChI=1S/C25H24FN3O4S2/c1-17-5-10-21(33-2)23-24(17)34-25(28-23)29(16-18-11-13-27-14-12-18)22(30)4-3-15-35(31,32)20-8-6-19(26)7-9-20/h5-14H,3-4,15-16H2,1-2H3. The van der Waals surface area contributed by atoms with Crippen molar-refractivity contribution in [3.8, 4) is 5.75 Å². The van der Waals surface area contributed by atoms with Crippen LogP contribution in [0.2, 0.25) is 0 Å². The monoisotopic (exact) mass is 513 g/mol. The maximum atomic E-state index is 13.3. The van der Waals surface area contributed by atoms with Gasteiger partial charge in [-0.2, -0.15) is 0 Å². The molecular weight excluding hydrogens is 489 g/mol. The molecule has 0 unspecified atom stereocenters. The first-order valence-corrected chi connectivity index (χ1v) is 13.4. The number of rotatable bonds is 9. The van der Waals surface area contributed by atoms with E-state index < -0.39 is 15.7 Å². The average Bonchev–Trinajstić information content (AvgIpc) is 3.30. The first-order chi connectivity index (χ1) is 16.8. The molecule has 0 N–H and O–H groups in total. The van der Waals surface area contributed by atoms with Crippen LogP contribution in [0, 0.1) is 12.7 Å². The zero-order valence-corrected chi connectivity index (χ0v) is 20.9. The zero-order chi connectivity index (χ0) is 25.0. The largest absolute Gasteiger partial charge is 0.494 e. The van der Waals surface area contributed by atoms with Crippen molar-refractivity contribution >= 4 is 42.4 Å². The Labute approximate surface area is 207 Å². The van der Waals surface area contributed by atoms with Gasteiger partial charge in [-0.05, 0) is 66.9 Å². The zero-order valence-electron chi connectivity index (χ0n) is 19.3. The number of aryl methyl sites for hydroxylation is 1. The summed E-state index contributed by atoms with van der Waals surface area (Å²) in [6.45, 7) is 2.24. The van der Waals surface area contributed by atoms with E-state index in [-0.39, 0.29) is 35.9 Å². The van der Waals surface area contributed by atoms with Gasteiger partial charge >= 0.3 is 0 Å². The second kappa shape index (κ2) is 10.5. The maximum Gasteiger partial charge on any atom is 0.229 e. The molecule has 0 bridgehead atoms. The summed E-state index contributed by atoms with van der Waals surface area (Å²) in [5.74, 6) is -0.351. The van der Waals surface area contributed by atoms with E-state index >= 15 is 0 Å². The number of hydrogen-bond acceptors (Lipinski definition) is 7. The van der Waals surface area contributed by atoms with Crippen molar-refractivity contribution in [1.29, 1.82) is 0 Å². The predicted octanol–water partition coefficient (Wildman–Crippen LogP) is 4.93. The van der Waals surface area contributed by atoms with Crippen molar-refractivity contribution in [2.45, 2.75) is 31.2 Å². The molecule has 0 aliphatic rings. The van der Waals surface area contributed by atoms with E-state index in [1.807, 2.05) is 31.2 Å². The minimum atomic E-state index is -3.63. The summed E-state index contributed by atoms with van der Waals surface area (Å²) >= 11 is 1.39. The SMILES string of the molecule is COc1ccc(C)c2sc(N(Cc3ccncc3)C(=O)CCCS(=O)(=O)c3ccc(F)cc3)nc12. The minimum Gasteiger partial charge on any atom is -0.494 e. The minimum absolute atomic E-state index is 0.0115. The normalized spacial score (nSPS) is 11.5. The molecule has 0 atom stereocenters. The van der Waals surface area contributed by atoms with Crippen molar-refractivity contribution in [3.63, 3.8) is 0 Å². The molecule has 0 saturated heterocycles. The van der Waals surface area contributed by atoms with Gasteiger partial charge in [0.15, 0.2) is 15.0 Å². The summed E-state index contributed by atoms with van der Waals surface area (Å²) in [6.07, 6.45) is 3.44. The van der Waals surface area contributed by atoms with E-state index in [0.717, 1.165) is 28.0 Å². The van der Waals surface area contributed by atoms with Crippen LogP contribution in [0.4, 0.5) is 9.52 Å². The van der Waals surface area contributed by atoms with Crippen LogP contribution in [-0.4, -0.2) is 37.2 Å².